The first-order chi connectivity index (χ1) is 47.9. The summed E-state index contributed by atoms with van der Waals surface area (Å²) in [4.78, 5) is 31.2. The smallest absolute Gasteiger partial charge is 0.186 e. The highest BCUT2D eigenvalue weighted by molar-refractivity contribution is 6.33. The van der Waals surface area contributed by atoms with Gasteiger partial charge in [-0.2, -0.15) is 0 Å². The average molecular weight is 1240 g/mol. The summed E-state index contributed by atoms with van der Waals surface area (Å²) < 4.78 is 6.79. The van der Waals surface area contributed by atoms with Crippen LogP contribution in [0.1, 0.15) is 89.0 Å². The minimum Gasteiger partial charge on any atom is -0.457 e. The Bertz CT molecular complexity index is 4820. The van der Waals surface area contributed by atoms with Crippen molar-refractivity contribution in [3.05, 3.63) is 439 Å². The summed E-state index contributed by atoms with van der Waals surface area (Å²) in [6, 6.07) is 109. The van der Waals surface area contributed by atoms with Gasteiger partial charge in [0.25, 0.3) is 0 Å². The molecule has 0 aromatic heterocycles. The second-order valence-electron chi connectivity index (χ2n) is 23.9. The molecule has 0 heterocycles. The first kappa shape index (κ1) is 61.5. The van der Waals surface area contributed by atoms with E-state index in [1.807, 2.05) is 231 Å². The highest BCUT2D eigenvalue weighted by atomic mass is 16.5. The molecule has 0 bridgehead atoms. The summed E-state index contributed by atoms with van der Waals surface area (Å²) in [5, 5.41) is 0. The van der Waals surface area contributed by atoms with Crippen LogP contribution < -0.4 is 4.74 Å². The van der Waals surface area contributed by atoms with Crippen LogP contribution in [0.5, 0.6) is 11.5 Å². The lowest BCUT2D eigenvalue weighted by Gasteiger charge is -2.16. The number of hydrogen-bond donors (Lipinski definition) is 0. The van der Waals surface area contributed by atoms with Gasteiger partial charge in [0.2, 0.25) is 0 Å². The maximum absolute atomic E-state index is 15.6. The van der Waals surface area contributed by atoms with Crippen molar-refractivity contribution in [3.8, 4) is 58.9 Å². The predicted octanol–water partition coefficient (Wildman–Crippen LogP) is 19.6. The number of hydrogen-bond acceptors (Lipinski definition) is 3. The number of rotatable bonds is 14. The molecule has 12 aromatic carbocycles. The summed E-state index contributed by atoms with van der Waals surface area (Å²) in [6.45, 7) is 0. The van der Waals surface area contributed by atoms with Gasteiger partial charge in [0.05, 0.1) is 0 Å². The van der Waals surface area contributed by atoms with Crippen molar-refractivity contribution in [2.45, 2.75) is 25.7 Å². The summed E-state index contributed by atoms with van der Waals surface area (Å²) in [7, 11) is 0. The molecule has 0 saturated heterocycles. The zero-order chi connectivity index (χ0) is 65.5. The van der Waals surface area contributed by atoms with Crippen molar-refractivity contribution in [2.24, 2.45) is 0 Å². The Morgan fingerprint density at radius 2 is 0.412 bits per heavy atom. The van der Waals surface area contributed by atoms with E-state index in [2.05, 4.69) is 144 Å². The lowest BCUT2D eigenvalue weighted by molar-refractivity contribution is -0.112. The van der Waals surface area contributed by atoms with Crippen molar-refractivity contribution in [1.82, 2.24) is 0 Å². The van der Waals surface area contributed by atoms with Crippen LogP contribution in [0.3, 0.4) is 0 Å². The van der Waals surface area contributed by atoms with E-state index in [-0.39, 0.29) is 11.6 Å². The summed E-state index contributed by atoms with van der Waals surface area (Å²) in [5.74, 6) is 28.6. The molecule has 12 aromatic rings. The van der Waals surface area contributed by atoms with E-state index < -0.39 is 0 Å². The maximum atomic E-state index is 15.6. The first-order valence-electron chi connectivity index (χ1n) is 32.5. The second-order valence-corrected chi connectivity index (χ2v) is 23.9. The fraction of sp³-hybridized carbons (Fsp3) is 0.0426. The number of ether oxygens (including phenoxy) is 1. The molecule has 456 valence electrons. The quantitative estimate of drug-likeness (QED) is 0.102. The Hall–Kier alpha value is -13.0. The molecule has 0 saturated carbocycles. The minimum absolute atomic E-state index is 0.00798. The van der Waals surface area contributed by atoms with Gasteiger partial charge < -0.3 is 4.74 Å². The molecule has 0 atom stereocenters. The van der Waals surface area contributed by atoms with Crippen LogP contribution in [0.4, 0.5) is 0 Å². The number of Topliss-reactive ketones (excluding diaryl/α,β-unsaturated/α-hetero) is 2. The van der Waals surface area contributed by atoms with E-state index in [4.69, 9.17) is 4.74 Å². The molecule has 0 spiro atoms. The van der Waals surface area contributed by atoms with Gasteiger partial charge in [0.1, 0.15) is 11.5 Å². The van der Waals surface area contributed by atoms with Gasteiger partial charge in [-0.15, -0.1) is 0 Å². The molecule has 3 nitrogen and oxygen atoms in total. The topological polar surface area (TPSA) is 43.4 Å². The minimum atomic E-state index is 0.00798. The van der Waals surface area contributed by atoms with Crippen molar-refractivity contribution >= 4 is 33.9 Å². The Kier molecular flexibility index (Phi) is 18.6. The Morgan fingerprint density at radius 3 is 0.649 bits per heavy atom. The van der Waals surface area contributed by atoms with E-state index in [1.54, 1.807) is 0 Å². The maximum Gasteiger partial charge on any atom is 0.186 e. The number of benzene rings is 12. The van der Waals surface area contributed by atoms with Gasteiger partial charge in [0, 0.05) is 92.5 Å². The highest BCUT2D eigenvalue weighted by Gasteiger charge is 2.36. The van der Waals surface area contributed by atoms with Crippen LogP contribution in [0.25, 0.3) is 22.3 Å². The molecule has 0 amide bonds. The zero-order valence-corrected chi connectivity index (χ0v) is 53.2. The molecule has 2 aliphatic carbocycles. The fourth-order valence-corrected chi connectivity index (χ4v) is 12.6. The van der Waals surface area contributed by atoms with E-state index in [9.17, 15) is 0 Å². The van der Waals surface area contributed by atoms with Gasteiger partial charge in [-0.05, 0) is 176 Å². The number of allylic oxidation sites excluding steroid dienone is 8. The molecule has 0 radical (unpaired) electrons. The average Bonchev–Trinajstić information content (AvgIpc) is 1.61. The molecule has 0 N–H and O–H groups in total. The SMILES string of the molecule is O=C1C(Cc2ccccc2)=C(c2ccc(Oc3ccc(C4=C(Cc5ccccc5)C(=O)C(Cc5ccccc5)=C4c4cc(C#Cc5ccccc5)cc(C#Cc5ccccc5)c4)cc3)cc2)C(c2cc(C#Cc3ccccc3)cc(C#Cc3ccccc3)c2)=C1Cc1ccccc1. The monoisotopic (exact) mass is 1240 g/mol. The van der Waals surface area contributed by atoms with Crippen LogP contribution in [0, 0.1) is 47.4 Å². The molecule has 3 heteroatoms. The molecule has 2 aliphatic rings. The van der Waals surface area contributed by atoms with E-state index in [1.165, 1.54) is 0 Å². The Labute approximate surface area is 568 Å². The third-order valence-corrected chi connectivity index (χ3v) is 17.2. The van der Waals surface area contributed by atoms with Gasteiger partial charge in [-0.3, -0.25) is 9.59 Å². The van der Waals surface area contributed by atoms with Gasteiger partial charge in [0.15, 0.2) is 11.6 Å². The fourth-order valence-electron chi connectivity index (χ4n) is 12.6. The van der Waals surface area contributed by atoms with Crippen molar-refractivity contribution < 1.29 is 14.3 Å². The summed E-state index contributed by atoms with van der Waals surface area (Å²) >= 11 is 0. The highest BCUT2D eigenvalue weighted by Crippen LogP contribution is 2.48. The summed E-state index contributed by atoms with van der Waals surface area (Å²) in [5.41, 5.74) is 20.5. The van der Waals surface area contributed by atoms with E-state index >= 15 is 9.59 Å². The number of carbonyl (C=O) groups is 2. The number of carbonyl (C=O) groups excluding carboxylic acids is 2. The lowest BCUT2D eigenvalue weighted by atomic mass is 9.88. The van der Waals surface area contributed by atoms with Gasteiger partial charge in [-0.1, -0.05) is 266 Å². The molecule has 97 heavy (non-hydrogen) atoms. The van der Waals surface area contributed by atoms with Crippen LogP contribution in [-0.4, -0.2) is 11.6 Å². The predicted molar refractivity (Wildman–Crippen MR) is 394 cm³/mol. The van der Waals surface area contributed by atoms with Gasteiger partial charge >= 0.3 is 0 Å². The van der Waals surface area contributed by atoms with Crippen molar-refractivity contribution in [1.29, 1.82) is 0 Å². The third kappa shape index (κ3) is 14.9. The van der Waals surface area contributed by atoms with Crippen LogP contribution >= 0.6 is 0 Å². The lowest BCUT2D eigenvalue weighted by Crippen LogP contribution is -2.07. The van der Waals surface area contributed by atoms with E-state index in [0.29, 0.717) is 59.5 Å². The van der Waals surface area contributed by atoms with Crippen LogP contribution in [0.15, 0.2) is 350 Å². The summed E-state index contributed by atoms with van der Waals surface area (Å²) in [6.07, 6.45) is 1.69. The van der Waals surface area contributed by atoms with Gasteiger partial charge in [-0.25, -0.2) is 0 Å². The standard InChI is InChI=1S/C94H62O3/c95-93-85(63-71-33-17-5-18-34-71)89(91(87(93)65-73-37-21-7-22-38-73)81-59-75(45-41-67-25-9-1-10-26-67)57-76(60-81)46-42-68-27-11-2-12-28-68)79-49-53-83(54-50-79)97-84-55-51-80(52-56-84)90-86(64-72-35-19-6-20-36-72)94(96)88(66-74-39-23-8-24-40-74)92(90)82-61-77(47-43-69-29-13-3-14-30-69)58-78(62-82)48-44-70-31-15-4-16-32-70/h1-40,49-62H,63-66H2. The normalized spacial score (nSPS) is 12.5. The molecular weight excluding hydrogens is 1180 g/mol. The van der Waals surface area contributed by atoms with E-state index in [0.717, 1.165) is 111 Å². The number of ketones is 2. The largest absolute Gasteiger partial charge is 0.457 e. The van der Waals surface area contributed by atoms with Crippen molar-refractivity contribution in [2.75, 3.05) is 0 Å². The van der Waals surface area contributed by atoms with Crippen LogP contribution in [0.2, 0.25) is 0 Å². The van der Waals surface area contributed by atoms with Crippen molar-refractivity contribution in [3.63, 3.8) is 0 Å². The molecule has 14 rings (SSSR count). The Balaban J connectivity index is 0.862. The Morgan fingerprint density at radius 1 is 0.206 bits per heavy atom. The second kappa shape index (κ2) is 29.3. The molecule has 0 fully saturated rings. The molecule has 0 aliphatic heterocycles. The molecule has 0 unspecified atom stereocenters. The first-order valence-corrected chi connectivity index (χ1v) is 32.5. The third-order valence-electron chi connectivity index (χ3n) is 17.2. The zero-order valence-electron chi connectivity index (χ0n) is 53.2. The molecular formula is C94H62O3. The van der Waals surface area contributed by atoms with Crippen LogP contribution in [-0.2, 0) is 35.3 Å².